The molecule has 2 amide bonds. The number of aryl methyl sites for hydroxylation is 3. The molecule has 3 aromatic carbocycles. The summed E-state index contributed by atoms with van der Waals surface area (Å²) in [6, 6.07) is 15.1. The normalized spacial score (nSPS) is 11.7. The summed E-state index contributed by atoms with van der Waals surface area (Å²) in [5, 5.41) is 8.76. The van der Waals surface area contributed by atoms with Gasteiger partial charge in [-0.15, -0.1) is 0 Å². The van der Waals surface area contributed by atoms with Gasteiger partial charge < -0.3 is 36.0 Å². The third-order valence-corrected chi connectivity index (χ3v) is 10.4. The van der Waals surface area contributed by atoms with Gasteiger partial charge in [-0.2, -0.15) is 4.98 Å². The van der Waals surface area contributed by atoms with Crippen LogP contribution < -0.4 is 32.1 Å². The molecule has 0 aliphatic carbocycles. The number of benzene rings is 3. The lowest BCUT2D eigenvalue weighted by Crippen LogP contribution is -2.36. The summed E-state index contributed by atoms with van der Waals surface area (Å²) in [5.74, 6) is -1.33. The molecule has 0 aliphatic rings. The third-order valence-electron chi connectivity index (χ3n) is 8.94. The van der Waals surface area contributed by atoms with Crippen molar-refractivity contribution in [1.29, 1.82) is 0 Å². The van der Waals surface area contributed by atoms with Crippen molar-refractivity contribution in [3.05, 3.63) is 98.3 Å². The van der Waals surface area contributed by atoms with Crippen molar-refractivity contribution in [1.82, 2.24) is 29.1 Å². The summed E-state index contributed by atoms with van der Waals surface area (Å²) < 4.78 is 32.5. The van der Waals surface area contributed by atoms with Crippen LogP contribution in [0.2, 0.25) is 0 Å². The average molecular weight is 867 g/mol. The number of carbonyl (C=O) groups is 3. The number of imidazole rings is 1. The fraction of sp³-hybridized carbons (Fsp3) is 0.333. The molecule has 0 saturated carbocycles. The molecule has 15 nitrogen and oxygen atoms in total. The molecule has 18 heteroatoms. The van der Waals surface area contributed by atoms with Crippen LogP contribution >= 0.6 is 27.9 Å². The van der Waals surface area contributed by atoms with E-state index in [1.165, 1.54) is 40.3 Å². The van der Waals surface area contributed by atoms with Crippen molar-refractivity contribution in [2.24, 2.45) is 12.8 Å². The van der Waals surface area contributed by atoms with Gasteiger partial charge >= 0.3 is 5.69 Å². The molecule has 0 bridgehead atoms. The van der Waals surface area contributed by atoms with Gasteiger partial charge in [0.2, 0.25) is 11.9 Å². The second kappa shape index (κ2) is 20.9. The van der Waals surface area contributed by atoms with Crippen LogP contribution in [0.25, 0.3) is 11.0 Å². The zero-order chi connectivity index (χ0) is 40.9. The molecule has 0 spiro atoms. The number of amides is 2. The predicted molar refractivity (Wildman–Crippen MR) is 222 cm³/mol. The maximum Gasteiger partial charge on any atom is 0.329 e. The molecule has 0 saturated heterocycles. The Labute approximate surface area is 341 Å². The largest absolute Gasteiger partial charge is 0.379 e. The second-order valence-corrected chi connectivity index (χ2v) is 14.7. The van der Waals surface area contributed by atoms with Gasteiger partial charge in [0.15, 0.2) is 0 Å². The first-order valence-electron chi connectivity index (χ1n) is 18.2. The molecule has 5 aromatic rings. The number of hydrogen-bond acceptors (Lipinski definition) is 12. The van der Waals surface area contributed by atoms with Gasteiger partial charge in [0.1, 0.15) is 24.0 Å². The summed E-state index contributed by atoms with van der Waals surface area (Å²) in [6.45, 7) is 4.60. The quantitative estimate of drug-likeness (QED) is 0.0336. The van der Waals surface area contributed by atoms with Crippen molar-refractivity contribution in [2.75, 3.05) is 50.7 Å². The van der Waals surface area contributed by atoms with Crippen molar-refractivity contribution < 1.29 is 28.2 Å². The van der Waals surface area contributed by atoms with Crippen LogP contribution in [-0.4, -0.2) is 77.2 Å². The van der Waals surface area contributed by atoms with Crippen LogP contribution in [0.4, 0.5) is 27.5 Å². The first-order valence-corrected chi connectivity index (χ1v) is 19.8. The van der Waals surface area contributed by atoms with E-state index in [9.17, 15) is 23.6 Å². The van der Waals surface area contributed by atoms with Crippen LogP contribution in [0.5, 0.6) is 0 Å². The van der Waals surface area contributed by atoms with Gasteiger partial charge in [0.25, 0.3) is 5.91 Å². The van der Waals surface area contributed by atoms with E-state index in [0.717, 1.165) is 52.4 Å². The number of aldehydes is 1. The van der Waals surface area contributed by atoms with Crippen molar-refractivity contribution in [3.8, 4) is 0 Å². The van der Waals surface area contributed by atoms with E-state index in [4.69, 9.17) is 15.2 Å². The number of carbonyl (C=O) groups excluding carboxylic acids is 3. The van der Waals surface area contributed by atoms with Gasteiger partial charge in [0.05, 0.1) is 46.6 Å². The van der Waals surface area contributed by atoms with E-state index in [1.54, 1.807) is 13.2 Å². The first kappa shape index (κ1) is 43.0. The van der Waals surface area contributed by atoms with Gasteiger partial charge in [0, 0.05) is 50.4 Å². The Morgan fingerprint density at radius 2 is 1.82 bits per heavy atom. The lowest BCUT2D eigenvalue weighted by molar-refractivity contribution is -0.124. The molecule has 5 rings (SSSR count). The standard InChI is InChI=1S/C39H45BrFN9O6S/c1-24-21-26(12-13-29(24)47-38-44-23-27(40)36(48-38)46-30-9-4-8-28(41)34(30)35(42)52)57-45-15-18-56-20-19-55-17-6-7-25-11-14-31-33(22-25)49(3)39(54)50(31)32(10-5-16-51)37(53)43-2/h4,8-9,11-14,16,21-23,32,45H,5-7,10,15,17-20H2,1-3H3,(H2,42,52)(H,43,53)(H2,44,46,47,48). The highest BCUT2D eigenvalue weighted by Gasteiger charge is 2.25. The maximum atomic E-state index is 14.2. The molecule has 6 N–H and O–H groups in total. The topological polar surface area (TPSA) is 197 Å². The lowest BCUT2D eigenvalue weighted by Gasteiger charge is -2.16. The Bertz CT molecular complexity index is 2270. The Kier molecular flexibility index (Phi) is 15.7. The zero-order valence-electron chi connectivity index (χ0n) is 31.8. The number of hydrogen-bond donors (Lipinski definition) is 5. The third kappa shape index (κ3) is 11.3. The second-order valence-electron chi connectivity index (χ2n) is 12.9. The number of halogens is 2. The number of nitrogens with two attached hydrogens (primary N) is 1. The molecule has 2 aromatic heterocycles. The lowest BCUT2D eigenvalue weighted by atomic mass is 10.1. The molecule has 0 fully saturated rings. The Hall–Kier alpha value is -5.14. The fourth-order valence-corrected chi connectivity index (χ4v) is 7.08. The number of primary amides is 1. The van der Waals surface area contributed by atoms with E-state index in [1.807, 2.05) is 43.3 Å². The molecule has 0 radical (unpaired) electrons. The maximum absolute atomic E-state index is 14.2. The predicted octanol–water partition coefficient (Wildman–Crippen LogP) is 5.46. The number of aromatic nitrogens is 4. The number of ether oxygens (including phenoxy) is 2. The zero-order valence-corrected chi connectivity index (χ0v) is 34.2. The molecule has 302 valence electrons. The summed E-state index contributed by atoms with van der Waals surface area (Å²) in [4.78, 5) is 58.3. The van der Waals surface area contributed by atoms with Crippen molar-refractivity contribution in [2.45, 2.75) is 43.5 Å². The summed E-state index contributed by atoms with van der Waals surface area (Å²) in [6.07, 6.45) is 4.26. The highest BCUT2D eigenvalue weighted by atomic mass is 79.9. The number of fused-ring (bicyclic) bond motifs is 1. The van der Waals surface area contributed by atoms with Crippen LogP contribution in [-0.2, 0) is 32.5 Å². The average Bonchev–Trinajstić information content (AvgIpc) is 3.43. The molecule has 2 heterocycles. The number of likely N-dealkylation sites (N-methyl/N-ethyl adjacent to an activating group) is 1. The van der Waals surface area contributed by atoms with Crippen LogP contribution in [0.15, 0.2) is 75.0 Å². The minimum Gasteiger partial charge on any atom is -0.379 e. The van der Waals surface area contributed by atoms with Gasteiger partial charge in [-0.05, 0) is 108 Å². The SMILES string of the molecule is CNC(=O)C(CCC=O)n1c(=O)n(C)c2cc(CCCOCCOCCNSc3ccc(Nc4ncc(Br)c(Nc5cccc(F)c5C(N)=O)n4)c(C)c3)ccc21. The number of nitrogens with zero attached hydrogens (tertiary/aromatic N) is 4. The molecule has 1 atom stereocenters. The summed E-state index contributed by atoms with van der Waals surface area (Å²) >= 11 is 4.88. The molecular weight excluding hydrogens is 821 g/mol. The van der Waals surface area contributed by atoms with E-state index in [2.05, 4.69) is 46.6 Å². The summed E-state index contributed by atoms with van der Waals surface area (Å²) in [5.41, 5.74) is 9.19. The molecule has 0 aliphatic heterocycles. The Morgan fingerprint density at radius 3 is 2.56 bits per heavy atom. The highest BCUT2D eigenvalue weighted by molar-refractivity contribution is 9.10. The van der Waals surface area contributed by atoms with E-state index in [0.29, 0.717) is 54.7 Å². The van der Waals surface area contributed by atoms with Gasteiger partial charge in [-0.3, -0.25) is 23.4 Å². The van der Waals surface area contributed by atoms with E-state index < -0.39 is 17.8 Å². The van der Waals surface area contributed by atoms with Crippen LogP contribution in [0.3, 0.4) is 0 Å². The number of rotatable bonds is 22. The van der Waals surface area contributed by atoms with Crippen LogP contribution in [0.1, 0.15) is 46.8 Å². The van der Waals surface area contributed by atoms with Crippen LogP contribution in [0, 0.1) is 12.7 Å². The number of anilines is 4. The molecule has 1 unspecified atom stereocenters. The van der Waals surface area contributed by atoms with E-state index >= 15 is 0 Å². The Balaban J connectivity index is 0.991. The van der Waals surface area contributed by atoms with Crippen molar-refractivity contribution >= 4 is 80.2 Å². The number of nitrogens with one attached hydrogen (secondary N) is 4. The molecule has 57 heavy (non-hydrogen) atoms. The minimum absolute atomic E-state index is 0.176. The monoisotopic (exact) mass is 865 g/mol. The van der Waals surface area contributed by atoms with Crippen molar-refractivity contribution in [3.63, 3.8) is 0 Å². The molecular formula is C39H45BrFN9O6S. The highest BCUT2D eigenvalue weighted by Crippen LogP contribution is 2.30. The fourth-order valence-electron chi connectivity index (χ4n) is 6.07. The smallest absolute Gasteiger partial charge is 0.329 e. The van der Waals surface area contributed by atoms with E-state index in [-0.39, 0.29) is 35.7 Å². The van der Waals surface area contributed by atoms with Gasteiger partial charge in [-0.25, -0.2) is 14.2 Å². The first-order chi connectivity index (χ1) is 27.5. The minimum atomic E-state index is -0.897. The van der Waals surface area contributed by atoms with Gasteiger partial charge in [-0.1, -0.05) is 12.1 Å². The Morgan fingerprint density at radius 1 is 1.04 bits per heavy atom. The summed E-state index contributed by atoms with van der Waals surface area (Å²) in [7, 11) is 3.20.